The maximum atomic E-state index is 2.66. The lowest BCUT2D eigenvalue weighted by Gasteiger charge is -2.46. The lowest BCUT2D eigenvalue weighted by Crippen LogP contribution is -2.47. The SMILES string of the molecule is CN1CCCC2CC3CCCC3CC21. The molecule has 1 heterocycles. The zero-order chi connectivity index (χ0) is 9.54. The van der Waals surface area contributed by atoms with Gasteiger partial charge in [0.2, 0.25) is 0 Å². The molecule has 14 heavy (non-hydrogen) atoms. The first-order valence-electron chi connectivity index (χ1n) is 6.55. The Labute approximate surface area is 87.9 Å². The zero-order valence-electron chi connectivity index (χ0n) is 9.41. The first kappa shape index (κ1) is 9.21. The van der Waals surface area contributed by atoms with Crippen molar-refractivity contribution in [1.29, 1.82) is 0 Å². The Morgan fingerprint density at radius 1 is 0.857 bits per heavy atom. The van der Waals surface area contributed by atoms with Gasteiger partial charge in [0.1, 0.15) is 0 Å². The van der Waals surface area contributed by atoms with Gasteiger partial charge in [-0.15, -0.1) is 0 Å². The predicted molar refractivity (Wildman–Crippen MR) is 59.2 cm³/mol. The van der Waals surface area contributed by atoms with E-state index < -0.39 is 0 Å². The van der Waals surface area contributed by atoms with Crippen LogP contribution in [0.1, 0.15) is 44.9 Å². The predicted octanol–water partition coefficient (Wildman–Crippen LogP) is 2.91. The maximum Gasteiger partial charge on any atom is 0.0123 e. The molecule has 0 amide bonds. The minimum absolute atomic E-state index is 0.961. The molecule has 1 saturated heterocycles. The number of piperidine rings is 1. The number of rotatable bonds is 0. The van der Waals surface area contributed by atoms with Gasteiger partial charge in [-0.2, -0.15) is 0 Å². The molecule has 3 aliphatic rings. The highest BCUT2D eigenvalue weighted by Crippen LogP contribution is 2.47. The summed E-state index contributed by atoms with van der Waals surface area (Å²) in [5.74, 6) is 3.30. The van der Waals surface area contributed by atoms with E-state index >= 15 is 0 Å². The summed E-state index contributed by atoms with van der Waals surface area (Å²) in [7, 11) is 2.35. The molecule has 4 atom stereocenters. The topological polar surface area (TPSA) is 3.24 Å². The van der Waals surface area contributed by atoms with Gasteiger partial charge in [-0.3, -0.25) is 0 Å². The van der Waals surface area contributed by atoms with Gasteiger partial charge in [0.25, 0.3) is 0 Å². The van der Waals surface area contributed by atoms with Gasteiger partial charge in [-0.25, -0.2) is 0 Å². The quantitative estimate of drug-likeness (QED) is 0.572. The minimum atomic E-state index is 0.961. The highest BCUT2D eigenvalue weighted by Gasteiger charge is 2.41. The second-order valence-corrected chi connectivity index (χ2v) is 5.87. The summed E-state index contributed by atoms with van der Waals surface area (Å²) in [6.45, 7) is 1.36. The number of hydrogen-bond acceptors (Lipinski definition) is 1. The Morgan fingerprint density at radius 3 is 2.43 bits per heavy atom. The zero-order valence-corrected chi connectivity index (χ0v) is 9.41. The van der Waals surface area contributed by atoms with Crippen LogP contribution in [0.2, 0.25) is 0 Å². The van der Waals surface area contributed by atoms with Crippen molar-refractivity contribution < 1.29 is 0 Å². The summed E-state index contributed by atoms with van der Waals surface area (Å²) in [5.41, 5.74) is 0. The lowest BCUT2D eigenvalue weighted by atomic mass is 9.69. The third-order valence-corrected chi connectivity index (χ3v) is 5.16. The molecule has 0 aromatic heterocycles. The summed E-state index contributed by atoms with van der Waals surface area (Å²) in [6.07, 6.45) is 10.7. The van der Waals surface area contributed by atoms with Gasteiger partial charge >= 0.3 is 0 Å². The molecule has 1 aliphatic heterocycles. The summed E-state index contributed by atoms with van der Waals surface area (Å²) in [5, 5.41) is 0. The second kappa shape index (κ2) is 3.52. The normalized spacial score (nSPS) is 48.6. The van der Waals surface area contributed by atoms with Crippen molar-refractivity contribution in [3.63, 3.8) is 0 Å². The van der Waals surface area contributed by atoms with Crippen molar-refractivity contribution in [1.82, 2.24) is 4.90 Å². The molecule has 0 radical (unpaired) electrons. The van der Waals surface area contributed by atoms with Crippen LogP contribution in [0.5, 0.6) is 0 Å². The van der Waals surface area contributed by atoms with Gasteiger partial charge < -0.3 is 4.90 Å². The van der Waals surface area contributed by atoms with Crippen LogP contribution in [0.4, 0.5) is 0 Å². The summed E-state index contributed by atoms with van der Waals surface area (Å²) < 4.78 is 0. The third kappa shape index (κ3) is 1.41. The Bertz CT molecular complexity index is 213. The summed E-state index contributed by atoms with van der Waals surface area (Å²) in [4.78, 5) is 2.66. The monoisotopic (exact) mass is 193 g/mol. The molecule has 0 aromatic carbocycles. The van der Waals surface area contributed by atoms with Crippen LogP contribution in [0, 0.1) is 17.8 Å². The highest BCUT2D eigenvalue weighted by atomic mass is 15.1. The number of likely N-dealkylation sites (tertiary alicyclic amines) is 1. The Hall–Kier alpha value is -0.0400. The van der Waals surface area contributed by atoms with Crippen LogP contribution in [-0.4, -0.2) is 24.5 Å². The molecular formula is C13H23N. The average molecular weight is 193 g/mol. The fourth-order valence-electron chi connectivity index (χ4n) is 4.40. The molecule has 0 spiro atoms. The van der Waals surface area contributed by atoms with E-state index in [4.69, 9.17) is 0 Å². The van der Waals surface area contributed by atoms with Crippen LogP contribution in [0.15, 0.2) is 0 Å². The Morgan fingerprint density at radius 2 is 1.57 bits per heavy atom. The lowest BCUT2D eigenvalue weighted by molar-refractivity contribution is 0.0389. The second-order valence-electron chi connectivity index (χ2n) is 5.87. The molecule has 4 unspecified atom stereocenters. The molecule has 2 aliphatic carbocycles. The van der Waals surface area contributed by atoms with E-state index in [0.717, 1.165) is 23.8 Å². The third-order valence-electron chi connectivity index (χ3n) is 5.16. The minimum Gasteiger partial charge on any atom is -0.303 e. The van der Waals surface area contributed by atoms with E-state index in [1.165, 1.54) is 32.2 Å². The van der Waals surface area contributed by atoms with E-state index in [9.17, 15) is 0 Å². The van der Waals surface area contributed by atoms with Crippen molar-refractivity contribution in [3.05, 3.63) is 0 Å². The average Bonchev–Trinajstić information content (AvgIpc) is 2.62. The van der Waals surface area contributed by atoms with Gasteiger partial charge in [-0.1, -0.05) is 19.3 Å². The van der Waals surface area contributed by atoms with E-state index in [0.29, 0.717) is 0 Å². The molecule has 1 heteroatoms. The molecule has 80 valence electrons. The molecule has 0 aromatic rings. The van der Waals surface area contributed by atoms with Crippen molar-refractivity contribution in [3.8, 4) is 0 Å². The van der Waals surface area contributed by atoms with E-state index in [1.807, 2.05) is 0 Å². The van der Waals surface area contributed by atoms with Gasteiger partial charge in [0.15, 0.2) is 0 Å². The van der Waals surface area contributed by atoms with E-state index in [-0.39, 0.29) is 0 Å². The fraction of sp³-hybridized carbons (Fsp3) is 1.00. The smallest absolute Gasteiger partial charge is 0.0123 e. The van der Waals surface area contributed by atoms with Gasteiger partial charge in [0.05, 0.1) is 0 Å². The van der Waals surface area contributed by atoms with Crippen LogP contribution in [0.25, 0.3) is 0 Å². The van der Waals surface area contributed by atoms with E-state index in [2.05, 4.69) is 11.9 Å². The van der Waals surface area contributed by atoms with Crippen molar-refractivity contribution in [2.75, 3.05) is 13.6 Å². The number of hydrogen-bond donors (Lipinski definition) is 0. The van der Waals surface area contributed by atoms with Crippen LogP contribution in [-0.2, 0) is 0 Å². The molecule has 1 nitrogen and oxygen atoms in total. The van der Waals surface area contributed by atoms with Crippen LogP contribution in [0.3, 0.4) is 0 Å². The van der Waals surface area contributed by atoms with Crippen LogP contribution < -0.4 is 0 Å². The molecule has 0 N–H and O–H groups in total. The van der Waals surface area contributed by atoms with Crippen LogP contribution >= 0.6 is 0 Å². The highest BCUT2D eigenvalue weighted by molar-refractivity contribution is 4.94. The molecular weight excluding hydrogens is 170 g/mol. The van der Waals surface area contributed by atoms with Gasteiger partial charge in [0, 0.05) is 6.04 Å². The Kier molecular flexibility index (Phi) is 2.31. The van der Waals surface area contributed by atoms with Crippen molar-refractivity contribution in [2.45, 2.75) is 51.0 Å². The van der Waals surface area contributed by atoms with Gasteiger partial charge in [-0.05, 0) is 57.0 Å². The van der Waals surface area contributed by atoms with E-state index in [1.54, 1.807) is 19.3 Å². The van der Waals surface area contributed by atoms with Crippen molar-refractivity contribution >= 4 is 0 Å². The number of fused-ring (bicyclic) bond motifs is 2. The summed E-state index contributed by atoms with van der Waals surface area (Å²) in [6, 6.07) is 0.961. The molecule has 2 saturated carbocycles. The van der Waals surface area contributed by atoms with Crippen molar-refractivity contribution in [2.24, 2.45) is 17.8 Å². The fourth-order valence-corrected chi connectivity index (χ4v) is 4.40. The molecule has 3 fully saturated rings. The first-order valence-corrected chi connectivity index (χ1v) is 6.55. The molecule has 3 rings (SSSR count). The largest absolute Gasteiger partial charge is 0.303 e. The maximum absolute atomic E-state index is 2.66. The standard InChI is InChI=1S/C13H23N/c1-14-7-3-6-12-8-10-4-2-5-11(10)9-13(12)14/h10-13H,2-9H2,1H3. The Balaban J connectivity index is 1.74. The summed E-state index contributed by atoms with van der Waals surface area (Å²) >= 11 is 0. The molecule has 0 bridgehead atoms. The first-order chi connectivity index (χ1) is 6.84. The number of nitrogens with zero attached hydrogens (tertiary/aromatic N) is 1.